The van der Waals surface area contributed by atoms with Crippen molar-refractivity contribution in [2.75, 3.05) is 13.0 Å². The summed E-state index contributed by atoms with van der Waals surface area (Å²) in [6.07, 6.45) is 1.53. The van der Waals surface area contributed by atoms with Crippen LogP contribution in [0.3, 0.4) is 0 Å². The van der Waals surface area contributed by atoms with E-state index in [4.69, 9.17) is 15.0 Å². The predicted molar refractivity (Wildman–Crippen MR) is 78.8 cm³/mol. The van der Waals surface area contributed by atoms with Crippen molar-refractivity contribution in [1.82, 2.24) is 0 Å². The number of hydrogen-bond acceptors (Lipinski definition) is 5. The van der Waals surface area contributed by atoms with Crippen molar-refractivity contribution in [3.05, 3.63) is 29.8 Å². The van der Waals surface area contributed by atoms with Crippen molar-refractivity contribution in [2.45, 2.75) is 18.8 Å². The Labute approximate surface area is 119 Å². The number of aldehydes is 1. The summed E-state index contributed by atoms with van der Waals surface area (Å²) in [6, 6.07) is 5.98. The molecule has 20 heavy (non-hydrogen) atoms. The first-order chi connectivity index (χ1) is 9.46. The maximum atomic E-state index is 11.7. The lowest BCUT2D eigenvalue weighted by Crippen LogP contribution is -2.23. The highest BCUT2D eigenvalue weighted by atomic mass is 31.2. The molecular weight excluding hydrogens is 280 g/mol. The highest BCUT2D eigenvalue weighted by Gasteiger charge is 2.21. The Kier molecular flexibility index (Phi) is 6.95. The Bertz CT molecular complexity index is 467. The van der Waals surface area contributed by atoms with Crippen molar-refractivity contribution in [2.24, 2.45) is 5.73 Å². The second-order valence-corrected chi connectivity index (χ2v) is 6.13. The molecule has 0 aliphatic heterocycles. The first kappa shape index (κ1) is 16.9. The minimum Gasteiger partial charge on any atom is -0.423 e. The predicted octanol–water partition coefficient (Wildman–Crippen LogP) is 0.345. The summed E-state index contributed by atoms with van der Waals surface area (Å²) in [6.45, 7) is 0.413. The largest absolute Gasteiger partial charge is 0.423 e. The summed E-state index contributed by atoms with van der Waals surface area (Å²) in [4.78, 5) is 20.0. The molecule has 0 spiro atoms. The average Bonchev–Trinajstić information content (AvgIpc) is 2.40. The molecule has 0 saturated carbocycles. The highest BCUT2D eigenvalue weighted by molar-refractivity contribution is 7.53. The number of carbonyl (C=O) groups is 1. The monoisotopic (exact) mass is 299 g/mol. The van der Waals surface area contributed by atoms with Crippen molar-refractivity contribution in [3.8, 4) is 5.75 Å². The van der Waals surface area contributed by atoms with E-state index in [9.17, 15) is 14.3 Å². The van der Waals surface area contributed by atoms with E-state index in [1.807, 2.05) is 7.85 Å². The van der Waals surface area contributed by atoms with Gasteiger partial charge >= 0.3 is 7.60 Å². The van der Waals surface area contributed by atoms with Crippen LogP contribution in [0.4, 0.5) is 0 Å². The van der Waals surface area contributed by atoms with Gasteiger partial charge in [0.25, 0.3) is 0 Å². The van der Waals surface area contributed by atoms with Crippen LogP contribution >= 0.6 is 7.60 Å². The molecule has 8 heteroatoms. The minimum absolute atomic E-state index is 0.277. The number of carbonyl (C=O) groups excluding carboxylic acids is 1. The standard InChI is InChI=1S/C12H19BNO5P/c13-5-6-18-9-20(16,17)19-12-3-1-10(2-4-12)7-11(14)8-15/h1-4,8,11H,5-7,9,13-14H2,(H,16,17). The van der Waals surface area contributed by atoms with Gasteiger partial charge in [-0.1, -0.05) is 18.5 Å². The van der Waals surface area contributed by atoms with Gasteiger partial charge in [-0.3, -0.25) is 0 Å². The highest BCUT2D eigenvalue weighted by Crippen LogP contribution is 2.42. The van der Waals surface area contributed by atoms with Crippen LogP contribution < -0.4 is 10.3 Å². The summed E-state index contributed by atoms with van der Waals surface area (Å²) in [5.74, 6) is 0.277. The van der Waals surface area contributed by atoms with E-state index in [-0.39, 0.29) is 12.1 Å². The molecule has 110 valence electrons. The van der Waals surface area contributed by atoms with E-state index in [2.05, 4.69) is 0 Å². The SMILES string of the molecule is BCCOCP(=O)(O)Oc1ccc(CC(N)C=O)cc1. The van der Waals surface area contributed by atoms with E-state index in [0.717, 1.165) is 11.9 Å². The topological polar surface area (TPSA) is 98.8 Å². The van der Waals surface area contributed by atoms with Gasteiger partial charge in [0, 0.05) is 6.61 Å². The van der Waals surface area contributed by atoms with Crippen LogP contribution in [0, 0.1) is 0 Å². The first-order valence-electron chi connectivity index (χ1n) is 6.36. The Hall–Kier alpha value is -1.14. The lowest BCUT2D eigenvalue weighted by molar-refractivity contribution is -0.108. The smallest absolute Gasteiger partial charge is 0.402 e. The van der Waals surface area contributed by atoms with Crippen LogP contribution in [0.25, 0.3) is 0 Å². The molecule has 1 aromatic rings. The normalized spacial score (nSPS) is 15.3. The number of rotatable bonds is 9. The fourth-order valence-corrected chi connectivity index (χ4v) is 2.39. The van der Waals surface area contributed by atoms with E-state index in [1.54, 1.807) is 24.3 Å². The first-order valence-corrected chi connectivity index (χ1v) is 8.12. The van der Waals surface area contributed by atoms with Crippen molar-refractivity contribution < 1.29 is 23.5 Å². The Morgan fingerprint density at radius 1 is 1.40 bits per heavy atom. The maximum absolute atomic E-state index is 11.7. The van der Waals surface area contributed by atoms with Crippen LogP contribution in [0.1, 0.15) is 5.56 Å². The van der Waals surface area contributed by atoms with Crippen molar-refractivity contribution >= 4 is 21.7 Å². The molecule has 0 aromatic heterocycles. The maximum Gasteiger partial charge on any atom is 0.402 e. The molecule has 0 saturated heterocycles. The third-order valence-corrected chi connectivity index (χ3v) is 3.43. The molecule has 0 aliphatic rings. The molecule has 3 N–H and O–H groups in total. The van der Waals surface area contributed by atoms with Crippen LogP contribution in [-0.2, 0) is 20.5 Å². The zero-order valence-electron chi connectivity index (χ0n) is 11.4. The zero-order valence-corrected chi connectivity index (χ0v) is 12.3. The Morgan fingerprint density at radius 3 is 2.60 bits per heavy atom. The fraction of sp³-hybridized carbons (Fsp3) is 0.417. The molecule has 0 aliphatic carbocycles. The van der Waals surface area contributed by atoms with Crippen molar-refractivity contribution in [1.29, 1.82) is 0 Å². The molecule has 0 fully saturated rings. The summed E-state index contributed by atoms with van der Waals surface area (Å²) in [5, 5.41) is 0. The van der Waals surface area contributed by atoms with Gasteiger partial charge in [0.1, 0.15) is 19.9 Å². The van der Waals surface area contributed by atoms with Crippen LogP contribution in [0.15, 0.2) is 24.3 Å². The van der Waals surface area contributed by atoms with E-state index in [0.29, 0.717) is 19.3 Å². The number of ether oxygens (including phenoxy) is 1. The second kappa shape index (κ2) is 8.22. The quantitative estimate of drug-likeness (QED) is 0.295. The lowest BCUT2D eigenvalue weighted by atomic mass is 10.1. The third-order valence-electron chi connectivity index (χ3n) is 2.42. The van der Waals surface area contributed by atoms with Gasteiger partial charge < -0.3 is 24.7 Å². The molecule has 0 amide bonds. The fourth-order valence-electron chi connectivity index (χ4n) is 1.52. The zero-order chi connectivity index (χ0) is 15.0. The Balaban J connectivity index is 2.56. The van der Waals surface area contributed by atoms with E-state index < -0.39 is 13.6 Å². The Morgan fingerprint density at radius 2 is 2.05 bits per heavy atom. The van der Waals surface area contributed by atoms with Gasteiger partial charge in [0.05, 0.1) is 6.04 Å². The van der Waals surface area contributed by atoms with E-state index >= 15 is 0 Å². The van der Waals surface area contributed by atoms with Gasteiger partial charge in [0.15, 0.2) is 6.35 Å². The third kappa shape index (κ3) is 6.35. The molecule has 0 bridgehead atoms. The van der Waals surface area contributed by atoms with Gasteiger partial charge in [-0.15, -0.1) is 0 Å². The van der Waals surface area contributed by atoms with Gasteiger partial charge in [0.2, 0.25) is 0 Å². The lowest BCUT2D eigenvalue weighted by Gasteiger charge is -2.14. The summed E-state index contributed by atoms with van der Waals surface area (Å²) in [7, 11) is -1.89. The molecule has 0 heterocycles. The van der Waals surface area contributed by atoms with E-state index in [1.165, 1.54) is 0 Å². The molecule has 1 rings (SSSR count). The van der Waals surface area contributed by atoms with Crippen LogP contribution in [0.5, 0.6) is 5.75 Å². The van der Waals surface area contributed by atoms with Crippen molar-refractivity contribution in [3.63, 3.8) is 0 Å². The molecule has 2 atom stereocenters. The summed E-state index contributed by atoms with van der Waals surface area (Å²) < 4.78 is 21.7. The van der Waals surface area contributed by atoms with Gasteiger partial charge in [-0.2, -0.15) is 0 Å². The van der Waals surface area contributed by atoms with Crippen LogP contribution in [-0.4, -0.2) is 38.0 Å². The van der Waals surface area contributed by atoms with Gasteiger partial charge in [-0.05, 0) is 24.1 Å². The summed E-state index contributed by atoms with van der Waals surface area (Å²) in [5.41, 5.74) is 6.37. The average molecular weight is 299 g/mol. The van der Waals surface area contributed by atoms with Gasteiger partial charge in [-0.25, -0.2) is 4.57 Å². The number of nitrogens with two attached hydrogens (primary N) is 1. The molecule has 2 unspecified atom stereocenters. The minimum atomic E-state index is -3.80. The second-order valence-electron chi connectivity index (χ2n) is 4.41. The molecule has 1 aromatic carbocycles. The molecule has 6 nitrogen and oxygen atoms in total. The number of hydrogen-bond donors (Lipinski definition) is 2. The van der Waals surface area contributed by atoms with Crippen LogP contribution in [0.2, 0.25) is 6.32 Å². The molecule has 0 radical (unpaired) electrons. The molecular formula is C12H19BNO5P. The number of benzene rings is 1. The summed E-state index contributed by atoms with van der Waals surface area (Å²) >= 11 is 0.